The highest BCUT2D eigenvalue weighted by molar-refractivity contribution is 6.21. The van der Waals surface area contributed by atoms with Crippen molar-refractivity contribution in [3.63, 3.8) is 0 Å². The van der Waals surface area contributed by atoms with Gasteiger partial charge in [-0.2, -0.15) is 0 Å². The van der Waals surface area contributed by atoms with E-state index in [9.17, 15) is 4.79 Å². The van der Waals surface area contributed by atoms with Crippen molar-refractivity contribution in [2.45, 2.75) is 13.5 Å². The third kappa shape index (κ3) is 1.94. The second-order valence-corrected chi connectivity index (χ2v) is 4.32. The molecule has 4 nitrogen and oxygen atoms in total. The van der Waals surface area contributed by atoms with Gasteiger partial charge in [0.05, 0.1) is 19.8 Å². The minimum Gasteiger partial charge on any atom is -0.501 e. The molecule has 0 radical (unpaired) electrons. The van der Waals surface area contributed by atoms with E-state index in [0.29, 0.717) is 17.9 Å². The molecular weight excluding hydrogens is 230 g/mol. The van der Waals surface area contributed by atoms with Gasteiger partial charge in [0, 0.05) is 13.6 Å². The fraction of sp³-hybridized carbons (Fsp3) is 0.357. The average molecular weight is 247 g/mol. The second-order valence-electron chi connectivity index (χ2n) is 4.32. The van der Waals surface area contributed by atoms with Crippen LogP contribution in [0.2, 0.25) is 0 Å². The molecule has 0 N–H and O–H groups in total. The van der Waals surface area contributed by atoms with Crippen LogP contribution in [0.5, 0.6) is 5.75 Å². The summed E-state index contributed by atoms with van der Waals surface area (Å²) in [5.74, 6) is 1.43. The van der Waals surface area contributed by atoms with Crippen LogP contribution >= 0.6 is 0 Å². The number of methoxy groups -OCH3 is 2. The van der Waals surface area contributed by atoms with Gasteiger partial charge in [0.2, 0.25) is 0 Å². The molecule has 1 aromatic carbocycles. The highest BCUT2D eigenvalue weighted by Crippen LogP contribution is 2.32. The minimum atomic E-state index is -0.00739. The lowest BCUT2D eigenvalue weighted by Gasteiger charge is -2.28. The molecule has 96 valence electrons. The van der Waals surface area contributed by atoms with Crippen molar-refractivity contribution in [3.8, 4) is 5.75 Å². The molecule has 1 aliphatic rings. The summed E-state index contributed by atoms with van der Waals surface area (Å²) in [6.07, 6.45) is 0. The van der Waals surface area contributed by atoms with Gasteiger partial charge in [-0.1, -0.05) is 6.07 Å². The Morgan fingerprint density at radius 3 is 2.67 bits per heavy atom. The van der Waals surface area contributed by atoms with Gasteiger partial charge in [-0.05, 0) is 30.2 Å². The first kappa shape index (κ1) is 12.5. The molecule has 0 saturated carbocycles. The van der Waals surface area contributed by atoms with Gasteiger partial charge in [0.1, 0.15) is 11.5 Å². The van der Waals surface area contributed by atoms with Gasteiger partial charge in [0.25, 0.3) is 5.91 Å². The fourth-order valence-corrected chi connectivity index (χ4v) is 2.15. The number of ether oxygens (including phenoxy) is 2. The van der Waals surface area contributed by atoms with Crippen molar-refractivity contribution < 1.29 is 14.3 Å². The predicted octanol–water partition coefficient (Wildman–Crippen LogP) is 2.04. The molecule has 0 spiro atoms. The number of nitrogens with zero attached hydrogens (tertiary/aromatic N) is 1. The van der Waals surface area contributed by atoms with Gasteiger partial charge >= 0.3 is 0 Å². The number of rotatable bonds is 2. The van der Waals surface area contributed by atoms with Crippen LogP contribution in [0.15, 0.2) is 24.0 Å². The number of likely N-dealkylation sites (N-methyl/N-ethyl adjacent to an activating group) is 1. The predicted molar refractivity (Wildman–Crippen MR) is 69.1 cm³/mol. The number of amides is 1. The standard InChI is InChI=1S/C14H17NO3/c1-9(17-3)13-12-6-5-11(18-4)7-10(12)8-15(2)14(13)16/h5-7H,8H2,1-4H3/b13-9+. The van der Waals surface area contributed by atoms with Crippen molar-refractivity contribution >= 4 is 11.5 Å². The summed E-state index contributed by atoms with van der Waals surface area (Å²) in [4.78, 5) is 13.9. The molecule has 0 unspecified atom stereocenters. The van der Waals surface area contributed by atoms with E-state index >= 15 is 0 Å². The number of carbonyl (C=O) groups excluding carboxylic acids is 1. The minimum absolute atomic E-state index is 0.00739. The Morgan fingerprint density at radius 1 is 1.33 bits per heavy atom. The van der Waals surface area contributed by atoms with Crippen LogP contribution in [-0.2, 0) is 16.1 Å². The maximum atomic E-state index is 12.2. The van der Waals surface area contributed by atoms with Crippen molar-refractivity contribution in [2.75, 3.05) is 21.3 Å². The van der Waals surface area contributed by atoms with E-state index in [-0.39, 0.29) is 5.91 Å². The molecule has 1 aliphatic heterocycles. The molecule has 4 heteroatoms. The molecule has 1 heterocycles. The van der Waals surface area contributed by atoms with E-state index in [0.717, 1.165) is 16.9 Å². The molecule has 2 rings (SSSR count). The molecule has 18 heavy (non-hydrogen) atoms. The smallest absolute Gasteiger partial charge is 0.257 e. The maximum absolute atomic E-state index is 12.2. The van der Waals surface area contributed by atoms with Gasteiger partial charge in [0.15, 0.2) is 0 Å². The van der Waals surface area contributed by atoms with Crippen LogP contribution in [0.25, 0.3) is 5.57 Å². The zero-order valence-electron chi connectivity index (χ0n) is 11.1. The van der Waals surface area contributed by atoms with E-state index in [1.54, 1.807) is 33.1 Å². The Bertz CT molecular complexity index is 520. The lowest BCUT2D eigenvalue weighted by Crippen LogP contribution is -2.32. The van der Waals surface area contributed by atoms with Gasteiger partial charge in [-0.15, -0.1) is 0 Å². The van der Waals surface area contributed by atoms with Gasteiger partial charge in [-0.25, -0.2) is 0 Å². The number of hydrogen-bond donors (Lipinski definition) is 0. The second kappa shape index (κ2) is 4.72. The molecule has 0 saturated heterocycles. The third-order valence-electron chi connectivity index (χ3n) is 3.21. The van der Waals surface area contributed by atoms with Crippen molar-refractivity contribution in [1.29, 1.82) is 0 Å². The summed E-state index contributed by atoms with van der Waals surface area (Å²) in [6, 6.07) is 5.73. The normalized spacial score (nSPS) is 17.3. The number of benzene rings is 1. The highest BCUT2D eigenvalue weighted by atomic mass is 16.5. The summed E-state index contributed by atoms with van der Waals surface area (Å²) in [5.41, 5.74) is 2.63. The molecule has 0 atom stereocenters. The lowest BCUT2D eigenvalue weighted by molar-refractivity contribution is -0.124. The first-order valence-electron chi connectivity index (χ1n) is 5.76. The Hall–Kier alpha value is -1.97. The highest BCUT2D eigenvalue weighted by Gasteiger charge is 2.28. The molecule has 1 aromatic rings. The fourth-order valence-electron chi connectivity index (χ4n) is 2.15. The maximum Gasteiger partial charge on any atom is 0.257 e. The van der Waals surface area contributed by atoms with Crippen LogP contribution in [0.3, 0.4) is 0 Å². The van der Waals surface area contributed by atoms with Crippen molar-refractivity contribution in [1.82, 2.24) is 4.90 Å². The van der Waals surface area contributed by atoms with E-state index in [4.69, 9.17) is 9.47 Å². The average Bonchev–Trinajstić information content (AvgIpc) is 2.39. The van der Waals surface area contributed by atoms with Gasteiger partial charge in [-0.3, -0.25) is 4.79 Å². The molecule has 0 fully saturated rings. The van der Waals surface area contributed by atoms with Crippen LogP contribution < -0.4 is 4.74 Å². The largest absolute Gasteiger partial charge is 0.501 e. The summed E-state index contributed by atoms with van der Waals surface area (Å²) in [7, 11) is 5.00. The molecule has 0 bridgehead atoms. The quantitative estimate of drug-likeness (QED) is 0.593. The Kier molecular flexibility index (Phi) is 3.28. The van der Waals surface area contributed by atoms with Crippen LogP contribution in [0, 0.1) is 0 Å². The third-order valence-corrected chi connectivity index (χ3v) is 3.21. The summed E-state index contributed by atoms with van der Waals surface area (Å²) in [6.45, 7) is 2.40. The van der Waals surface area contributed by atoms with Gasteiger partial charge < -0.3 is 14.4 Å². The molecule has 1 amide bonds. The SMILES string of the molecule is CO/C(C)=C1/C(=O)N(C)Cc2cc(OC)ccc21. The van der Waals surface area contributed by atoms with E-state index < -0.39 is 0 Å². The monoisotopic (exact) mass is 247 g/mol. The summed E-state index contributed by atoms with van der Waals surface area (Å²) < 4.78 is 10.4. The molecule has 0 aliphatic carbocycles. The Balaban J connectivity index is 2.61. The Morgan fingerprint density at radius 2 is 2.06 bits per heavy atom. The lowest BCUT2D eigenvalue weighted by atomic mass is 9.93. The topological polar surface area (TPSA) is 38.8 Å². The number of hydrogen-bond acceptors (Lipinski definition) is 3. The first-order valence-corrected chi connectivity index (χ1v) is 5.76. The van der Waals surface area contributed by atoms with Crippen molar-refractivity contribution in [2.24, 2.45) is 0 Å². The first-order chi connectivity index (χ1) is 8.58. The molecular formula is C14H17NO3. The molecule has 0 aromatic heterocycles. The zero-order chi connectivity index (χ0) is 13.3. The van der Waals surface area contributed by atoms with E-state index in [2.05, 4.69) is 0 Å². The number of fused-ring (bicyclic) bond motifs is 1. The number of carbonyl (C=O) groups is 1. The summed E-state index contributed by atoms with van der Waals surface area (Å²) in [5, 5.41) is 0. The van der Waals surface area contributed by atoms with Crippen LogP contribution in [-0.4, -0.2) is 32.1 Å². The summed E-state index contributed by atoms with van der Waals surface area (Å²) >= 11 is 0. The number of allylic oxidation sites excluding steroid dienone is 1. The van der Waals surface area contributed by atoms with E-state index in [1.807, 2.05) is 18.2 Å². The van der Waals surface area contributed by atoms with E-state index in [1.165, 1.54) is 0 Å². The zero-order valence-corrected chi connectivity index (χ0v) is 11.1. The van der Waals surface area contributed by atoms with Crippen LogP contribution in [0.4, 0.5) is 0 Å². The van der Waals surface area contributed by atoms with Crippen molar-refractivity contribution in [3.05, 3.63) is 35.1 Å². The van der Waals surface area contributed by atoms with Crippen LogP contribution in [0.1, 0.15) is 18.1 Å². The Labute approximate surface area is 107 Å².